The van der Waals surface area contributed by atoms with Gasteiger partial charge in [0.1, 0.15) is 5.69 Å². The van der Waals surface area contributed by atoms with E-state index in [4.69, 9.17) is 0 Å². The molecule has 3 saturated heterocycles. The minimum absolute atomic E-state index is 0.0139. The number of rotatable bonds is 2. The average Bonchev–Trinajstić information content (AvgIpc) is 2.84. The number of aromatic nitrogens is 1. The van der Waals surface area contributed by atoms with Crippen molar-refractivity contribution in [1.82, 2.24) is 14.6 Å². The fourth-order valence-electron chi connectivity index (χ4n) is 2.70. The van der Waals surface area contributed by atoms with E-state index in [1.165, 1.54) is 37.5 Å². The normalized spacial score (nSPS) is 32.6. The molecule has 16 heavy (non-hydrogen) atoms. The van der Waals surface area contributed by atoms with Gasteiger partial charge in [-0.25, -0.2) is 0 Å². The summed E-state index contributed by atoms with van der Waals surface area (Å²) >= 11 is 1.32. The zero-order valence-corrected chi connectivity index (χ0v) is 9.87. The highest BCUT2D eigenvalue weighted by atomic mass is 32.1. The second kappa shape index (κ2) is 4.14. The van der Waals surface area contributed by atoms with Crippen molar-refractivity contribution < 1.29 is 4.79 Å². The van der Waals surface area contributed by atoms with Crippen LogP contribution in [0.25, 0.3) is 0 Å². The summed E-state index contributed by atoms with van der Waals surface area (Å²) < 4.78 is 4.06. The number of hydrogen-bond acceptors (Lipinski definition) is 4. The largest absolute Gasteiger partial charge is 0.346 e. The van der Waals surface area contributed by atoms with Crippen molar-refractivity contribution in [3.8, 4) is 0 Å². The fourth-order valence-corrected chi connectivity index (χ4v) is 3.21. The maximum absolute atomic E-state index is 11.9. The molecular formula is C11H15N3OS. The molecular weight excluding hydrogens is 222 g/mol. The number of carbonyl (C=O) groups excluding carboxylic acids is 1. The smallest absolute Gasteiger partial charge is 0.271 e. The van der Waals surface area contributed by atoms with Crippen LogP contribution < -0.4 is 5.32 Å². The summed E-state index contributed by atoms with van der Waals surface area (Å²) in [6, 6.07) is 2.11. The molecule has 1 amide bonds. The molecule has 2 bridgehead atoms. The molecule has 1 aromatic heterocycles. The third-order valence-corrected chi connectivity index (χ3v) is 4.20. The molecule has 0 radical (unpaired) electrons. The summed E-state index contributed by atoms with van der Waals surface area (Å²) in [4.78, 5) is 14.3. The van der Waals surface area contributed by atoms with Crippen molar-refractivity contribution >= 4 is 17.4 Å². The summed E-state index contributed by atoms with van der Waals surface area (Å²) in [5, 5.41) is 4.95. The van der Waals surface area contributed by atoms with Gasteiger partial charge in [-0.2, -0.15) is 4.37 Å². The number of amides is 1. The molecule has 1 aromatic rings. The van der Waals surface area contributed by atoms with Crippen LogP contribution in [0.1, 0.15) is 23.3 Å². The van der Waals surface area contributed by atoms with E-state index >= 15 is 0 Å². The average molecular weight is 237 g/mol. The monoisotopic (exact) mass is 237 g/mol. The van der Waals surface area contributed by atoms with E-state index in [0.29, 0.717) is 17.7 Å². The zero-order valence-electron chi connectivity index (χ0n) is 9.06. The van der Waals surface area contributed by atoms with E-state index in [2.05, 4.69) is 14.6 Å². The number of hydrogen-bond donors (Lipinski definition) is 1. The number of nitrogens with zero attached hydrogens (tertiary/aromatic N) is 2. The van der Waals surface area contributed by atoms with Crippen molar-refractivity contribution in [3.05, 3.63) is 17.1 Å². The third kappa shape index (κ3) is 1.85. The van der Waals surface area contributed by atoms with Crippen molar-refractivity contribution in [2.24, 2.45) is 5.92 Å². The van der Waals surface area contributed by atoms with Gasteiger partial charge in [-0.3, -0.25) is 4.79 Å². The lowest BCUT2D eigenvalue weighted by atomic mass is 9.84. The Kier molecular flexibility index (Phi) is 2.65. The summed E-state index contributed by atoms with van der Waals surface area (Å²) in [7, 11) is 0. The molecule has 4 nitrogen and oxygen atoms in total. The van der Waals surface area contributed by atoms with Crippen LogP contribution in [0.5, 0.6) is 0 Å². The molecule has 0 unspecified atom stereocenters. The number of carbonyl (C=O) groups is 1. The SMILES string of the molecule is O=C(N[C@@H]1CN2CCC1CC2)c1ccsn1. The van der Waals surface area contributed by atoms with Gasteiger partial charge in [0, 0.05) is 18.0 Å². The van der Waals surface area contributed by atoms with Crippen molar-refractivity contribution in [1.29, 1.82) is 0 Å². The third-order valence-electron chi connectivity index (χ3n) is 3.64. The minimum Gasteiger partial charge on any atom is -0.346 e. The Morgan fingerprint density at radius 2 is 2.31 bits per heavy atom. The van der Waals surface area contributed by atoms with Gasteiger partial charge in [-0.05, 0) is 49.4 Å². The number of nitrogens with one attached hydrogen (secondary N) is 1. The van der Waals surface area contributed by atoms with Gasteiger partial charge >= 0.3 is 0 Å². The minimum atomic E-state index is -0.0139. The van der Waals surface area contributed by atoms with Gasteiger partial charge in [0.2, 0.25) is 0 Å². The van der Waals surface area contributed by atoms with E-state index < -0.39 is 0 Å². The molecule has 3 aliphatic heterocycles. The highest BCUT2D eigenvalue weighted by molar-refractivity contribution is 7.03. The van der Waals surface area contributed by atoms with Crippen LogP contribution in [0.2, 0.25) is 0 Å². The lowest BCUT2D eigenvalue weighted by molar-refractivity contribution is 0.0618. The summed E-state index contributed by atoms with van der Waals surface area (Å²) in [5.41, 5.74) is 0.557. The van der Waals surface area contributed by atoms with E-state index in [0.717, 1.165) is 6.54 Å². The predicted molar refractivity (Wildman–Crippen MR) is 62.5 cm³/mol. The van der Waals surface area contributed by atoms with Crippen LogP contribution in [0.3, 0.4) is 0 Å². The van der Waals surface area contributed by atoms with Gasteiger partial charge in [0.25, 0.3) is 5.91 Å². The standard InChI is InChI=1S/C11H15N3OS/c15-11(9-3-6-16-13-9)12-10-7-14-4-1-8(10)2-5-14/h3,6,8,10H,1-2,4-5,7H2,(H,12,15)/t10-/m1/s1. The van der Waals surface area contributed by atoms with Gasteiger partial charge in [-0.15, -0.1) is 0 Å². The molecule has 1 N–H and O–H groups in total. The van der Waals surface area contributed by atoms with E-state index in [9.17, 15) is 4.79 Å². The maximum atomic E-state index is 11.9. The predicted octanol–water partition coefficient (Wildman–Crippen LogP) is 0.967. The highest BCUT2D eigenvalue weighted by Crippen LogP contribution is 2.27. The maximum Gasteiger partial charge on any atom is 0.271 e. The van der Waals surface area contributed by atoms with Crippen molar-refractivity contribution in [2.75, 3.05) is 19.6 Å². The molecule has 86 valence electrons. The molecule has 1 atom stereocenters. The molecule has 3 aliphatic rings. The Bertz CT molecular complexity index is 371. The highest BCUT2D eigenvalue weighted by Gasteiger charge is 2.35. The van der Waals surface area contributed by atoms with Crippen LogP contribution in [-0.4, -0.2) is 40.9 Å². The molecule has 3 fully saturated rings. The second-order valence-corrected chi connectivity index (χ2v) is 5.27. The van der Waals surface area contributed by atoms with Gasteiger partial charge in [-0.1, -0.05) is 0 Å². The summed E-state index contributed by atoms with van der Waals surface area (Å²) in [5.74, 6) is 0.660. The van der Waals surface area contributed by atoms with Crippen LogP contribution in [0.15, 0.2) is 11.4 Å². The topological polar surface area (TPSA) is 45.2 Å². The Morgan fingerprint density at radius 1 is 1.50 bits per heavy atom. The molecule has 0 aliphatic carbocycles. The zero-order chi connectivity index (χ0) is 11.0. The summed E-state index contributed by atoms with van der Waals surface area (Å²) in [6.45, 7) is 3.42. The first kappa shape index (κ1) is 10.2. The number of fused-ring (bicyclic) bond motifs is 3. The van der Waals surface area contributed by atoms with Gasteiger partial charge in [0.15, 0.2) is 0 Å². The Morgan fingerprint density at radius 3 is 2.88 bits per heavy atom. The lowest BCUT2D eigenvalue weighted by Gasteiger charge is -2.44. The fraction of sp³-hybridized carbons (Fsp3) is 0.636. The molecule has 4 heterocycles. The molecule has 5 heteroatoms. The van der Waals surface area contributed by atoms with Crippen LogP contribution in [0.4, 0.5) is 0 Å². The van der Waals surface area contributed by atoms with Gasteiger partial charge < -0.3 is 10.2 Å². The van der Waals surface area contributed by atoms with E-state index in [1.807, 2.05) is 5.38 Å². The first-order valence-electron chi connectivity index (χ1n) is 5.76. The number of piperidine rings is 3. The van der Waals surface area contributed by atoms with Crippen molar-refractivity contribution in [3.63, 3.8) is 0 Å². The first-order chi connectivity index (χ1) is 7.83. The Balaban J connectivity index is 1.65. The van der Waals surface area contributed by atoms with Crippen LogP contribution >= 0.6 is 11.5 Å². The van der Waals surface area contributed by atoms with Crippen LogP contribution in [0, 0.1) is 5.92 Å². The lowest BCUT2D eigenvalue weighted by Crippen LogP contribution is -2.57. The van der Waals surface area contributed by atoms with Crippen molar-refractivity contribution in [2.45, 2.75) is 18.9 Å². The molecule has 0 aromatic carbocycles. The first-order valence-corrected chi connectivity index (χ1v) is 6.60. The van der Waals surface area contributed by atoms with Gasteiger partial charge in [0.05, 0.1) is 0 Å². The van der Waals surface area contributed by atoms with E-state index in [-0.39, 0.29) is 5.91 Å². The second-order valence-electron chi connectivity index (χ2n) is 4.60. The van der Waals surface area contributed by atoms with E-state index in [1.54, 1.807) is 6.07 Å². The Hall–Kier alpha value is -0.940. The summed E-state index contributed by atoms with van der Waals surface area (Å²) in [6.07, 6.45) is 2.45. The Labute approximate surface area is 98.8 Å². The molecule has 4 rings (SSSR count). The van der Waals surface area contributed by atoms with Crippen LogP contribution in [-0.2, 0) is 0 Å². The quantitative estimate of drug-likeness (QED) is 0.833. The molecule has 0 spiro atoms. The molecule has 0 saturated carbocycles.